The molecule has 0 saturated carbocycles. The second-order valence-electron chi connectivity index (χ2n) is 22.2. The molecule has 0 aliphatic carbocycles. The molecule has 18 rings (SSSR count). The monoisotopic (exact) mass is 1050 g/mol. The van der Waals surface area contributed by atoms with Gasteiger partial charge < -0.3 is 4.42 Å². The van der Waals surface area contributed by atoms with E-state index >= 15 is 0 Å². The number of rotatable bonds is 5. The minimum atomic E-state index is 0.881. The van der Waals surface area contributed by atoms with Crippen LogP contribution in [0, 0.1) is 0 Å². The maximum atomic E-state index is 6.74. The highest BCUT2D eigenvalue weighted by Crippen LogP contribution is 2.47. The van der Waals surface area contributed by atoms with Crippen molar-refractivity contribution >= 4 is 140 Å². The van der Waals surface area contributed by atoms with E-state index in [9.17, 15) is 0 Å². The van der Waals surface area contributed by atoms with Crippen molar-refractivity contribution in [2.24, 2.45) is 0 Å². The summed E-state index contributed by atoms with van der Waals surface area (Å²) in [6, 6.07) is 104. The minimum absolute atomic E-state index is 0.881. The van der Waals surface area contributed by atoms with Crippen molar-refractivity contribution in [3.05, 3.63) is 279 Å². The summed E-state index contributed by atoms with van der Waals surface area (Å²) in [4.78, 5) is 0. The number of benzene rings is 16. The quantitative estimate of drug-likeness (QED) is 0.157. The molecular formula is C80H46OS. The molecule has 2 heteroatoms. The van der Waals surface area contributed by atoms with E-state index in [0.717, 1.165) is 38.6 Å². The fraction of sp³-hybridized carbons (Fsp3) is 0. The molecule has 0 saturated heterocycles. The van der Waals surface area contributed by atoms with Gasteiger partial charge in [-0.1, -0.05) is 218 Å². The van der Waals surface area contributed by atoms with Crippen molar-refractivity contribution in [2.45, 2.75) is 0 Å². The van der Waals surface area contributed by atoms with Crippen LogP contribution in [-0.2, 0) is 0 Å². The van der Waals surface area contributed by atoms with Gasteiger partial charge in [0.05, 0.1) is 0 Å². The molecule has 1 nitrogen and oxygen atoms in total. The molecule has 0 fully saturated rings. The number of thiophene rings is 1. The third-order valence-electron chi connectivity index (χ3n) is 17.8. The third-order valence-corrected chi connectivity index (χ3v) is 19.0. The van der Waals surface area contributed by atoms with Gasteiger partial charge in [0.1, 0.15) is 11.2 Å². The molecule has 0 atom stereocenters. The second-order valence-corrected chi connectivity index (χ2v) is 23.3. The smallest absolute Gasteiger partial charge is 0.136 e. The molecule has 0 radical (unpaired) electrons. The molecular weight excluding hydrogens is 1010 g/mol. The average Bonchev–Trinajstić information content (AvgIpc) is 3.91. The zero-order chi connectivity index (χ0) is 53.6. The van der Waals surface area contributed by atoms with E-state index in [1.165, 1.54) is 145 Å². The largest absolute Gasteiger partial charge is 0.456 e. The Balaban J connectivity index is 0.739. The van der Waals surface area contributed by atoms with Gasteiger partial charge in [0.15, 0.2) is 0 Å². The van der Waals surface area contributed by atoms with Crippen LogP contribution in [0.15, 0.2) is 283 Å². The van der Waals surface area contributed by atoms with E-state index < -0.39 is 0 Å². The van der Waals surface area contributed by atoms with Gasteiger partial charge in [0.25, 0.3) is 0 Å². The van der Waals surface area contributed by atoms with Gasteiger partial charge in [0, 0.05) is 30.9 Å². The number of hydrogen-bond acceptors (Lipinski definition) is 2. The highest BCUT2D eigenvalue weighted by atomic mass is 32.1. The SMILES string of the molecule is c1ccc(-c2ccc3cc(-c4ccc5oc6cc(-c7ccc(-c8cc9ccc%10c%11ccccc%11ccc%10c9c9ccccc89)cc7)ccc6c5c4)c4ccc5ccc6ccccc6c5c4c3c2)c(-c2ccc3sc4ccccc4c3c2)c1. The zero-order valence-corrected chi connectivity index (χ0v) is 45.2. The molecule has 378 valence electrons. The first kappa shape index (κ1) is 45.5. The average molecular weight is 1060 g/mol. The lowest BCUT2D eigenvalue weighted by Gasteiger charge is -2.17. The molecule has 82 heavy (non-hydrogen) atoms. The van der Waals surface area contributed by atoms with Gasteiger partial charge in [-0.3, -0.25) is 0 Å². The minimum Gasteiger partial charge on any atom is -0.456 e. The van der Waals surface area contributed by atoms with E-state index in [0.29, 0.717) is 0 Å². The summed E-state index contributed by atoms with van der Waals surface area (Å²) >= 11 is 1.87. The lowest BCUT2D eigenvalue weighted by atomic mass is 9.86. The summed E-state index contributed by atoms with van der Waals surface area (Å²) in [6.07, 6.45) is 0. The summed E-state index contributed by atoms with van der Waals surface area (Å²) in [5.74, 6) is 0. The Morgan fingerprint density at radius 1 is 0.195 bits per heavy atom. The lowest BCUT2D eigenvalue weighted by Crippen LogP contribution is -1.90. The summed E-state index contributed by atoms with van der Waals surface area (Å²) in [5, 5.41) is 25.1. The Morgan fingerprint density at radius 2 is 0.707 bits per heavy atom. The van der Waals surface area contributed by atoms with Crippen LogP contribution >= 0.6 is 11.3 Å². The second kappa shape index (κ2) is 17.6. The Hall–Kier alpha value is -10.4. The van der Waals surface area contributed by atoms with E-state index in [1.54, 1.807) is 0 Å². The fourth-order valence-electron chi connectivity index (χ4n) is 13.9. The van der Waals surface area contributed by atoms with Gasteiger partial charge in [-0.25, -0.2) is 0 Å². The van der Waals surface area contributed by atoms with Crippen LogP contribution < -0.4 is 0 Å². The van der Waals surface area contributed by atoms with Crippen LogP contribution in [0.5, 0.6) is 0 Å². The van der Waals surface area contributed by atoms with Gasteiger partial charge in [0.2, 0.25) is 0 Å². The highest BCUT2D eigenvalue weighted by molar-refractivity contribution is 7.25. The summed E-state index contributed by atoms with van der Waals surface area (Å²) in [7, 11) is 0. The molecule has 0 aliphatic heterocycles. The summed E-state index contributed by atoms with van der Waals surface area (Å²) in [5.41, 5.74) is 13.7. The van der Waals surface area contributed by atoms with E-state index in [-0.39, 0.29) is 0 Å². The van der Waals surface area contributed by atoms with Crippen molar-refractivity contribution < 1.29 is 4.42 Å². The zero-order valence-electron chi connectivity index (χ0n) is 44.4. The van der Waals surface area contributed by atoms with Crippen LogP contribution in [0.4, 0.5) is 0 Å². The molecule has 0 amide bonds. The maximum absolute atomic E-state index is 6.74. The van der Waals surface area contributed by atoms with Crippen molar-refractivity contribution in [3.8, 4) is 55.6 Å². The Labute approximate surface area is 475 Å². The molecule has 0 N–H and O–H groups in total. The van der Waals surface area contributed by atoms with E-state index in [1.807, 2.05) is 11.3 Å². The number of hydrogen-bond donors (Lipinski definition) is 0. The van der Waals surface area contributed by atoms with Crippen LogP contribution in [-0.4, -0.2) is 0 Å². The van der Waals surface area contributed by atoms with E-state index in [2.05, 4.69) is 279 Å². The Morgan fingerprint density at radius 3 is 1.56 bits per heavy atom. The number of furan rings is 1. The van der Waals surface area contributed by atoms with Crippen molar-refractivity contribution in [1.82, 2.24) is 0 Å². The highest BCUT2D eigenvalue weighted by Gasteiger charge is 2.19. The first-order valence-electron chi connectivity index (χ1n) is 28.3. The van der Waals surface area contributed by atoms with Crippen molar-refractivity contribution in [1.29, 1.82) is 0 Å². The van der Waals surface area contributed by atoms with Crippen LogP contribution in [0.3, 0.4) is 0 Å². The molecule has 0 spiro atoms. The maximum Gasteiger partial charge on any atom is 0.136 e. The third kappa shape index (κ3) is 6.86. The lowest BCUT2D eigenvalue weighted by molar-refractivity contribution is 0.669. The molecule has 2 heterocycles. The Bertz CT molecular complexity index is 5760. The first-order valence-corrected chi connectivity index (χ1v) is 29.1. The van der Waals surface area contributed by atoms with Crippen LogP contribution in [0.1, 0.15) is 0 Å². The van der Waals surface area contributed by atoms with Gasteiger partial charge >= 0.3 is 0 Å². The van der Waals surface area contributed by atoms with Crippen molar-refractivity contribution in [2.75, 3.05) is 0 Å². The summed E-state index contributed by atoms with van der Waals surface area (Å²) in [6.45, 7) is 0. The van der Waals surface area contributed by atoms with Crippen LogP contribution in [0.2, 0.25) is 0 Å². The Kier molecular flexibility index (Phi) is 9.74. The molecule has 16 aromatic carbocycles. The fourth-order valence-corrected chi connectivity index (χ4v) is 15.0. The molecule has 0 aliphatic rings. The normalized spacial score (nSPS) is 12.1. The number of fused-ring (bicyclic) bond motifs is 20. The summed E-state index contributed by atoms with van der Waals surface area (Å²) < 4.78 is 9.38. The first-order chi connectivity index (χ1) is 40.6. The molecule has 18 aromatic rings. The van der Waals surface area contributed by atoms with Gasteiger partial charge in [-0.15, -0.1) is 11.3 Å². The molecule has 0 bridgehead atoms. The van der Waals surface area contributed by atoms with Crippen LogP contribution in [0.25, 0.3) is 184 Å². The van der Waals surface area contributed by atoms with Gasteiger partial charge in [-0.05, 0) is 202 Å². The standard InChI is InChI=1S/C80H46OS/c1-3-13-58-48(11-1)29-37-67-63(58)35-32-57-45-69(62-17-7-8-19-66(62)78(57)67)50-23-21-47(22-24-50)52-31-36-64-72-43-55(33-39-74(72)81-75(64)46-52)70-41-56-28-27-53(42-71(56)80-68(70)38-30-51-26-25-49-12-2-4-16-61(49)79(51)80)59-14-5-6-15-60(59)54-34-40-77-73(44-54)65-18-9-10-20-76(65)82-77/h1-46H. The predicted octanol–water partition coefficient (Wildman–Crippen LogP) is 23.5. The van der Waals surface area contributed by atoms with Gasteiger partial charge in [-0.2, -0.15) is 0 Å². The van der Waals surface area contributed by atoms with Crippen molar-refractivity contribution in [3.63, 3.8) is 0 Å². The predicted molar refractivity (Wildman–Crippen MR) is 354 cm³/mol. The molecule has 0 unspecified atom stereocenters. The molecule has 2 aromatic heterocycles. The van der Waals surface area contributed by atoms with E-state index in [4.69, 9.17) is 4.42 Å². The topological polar surface area (TPSA) is 13.1 Å².